The molecule has 1 aromatic heterocycles. The van der Waals surface area contributed by atoms with E-state index in [9.17, 15) is 14.0 Å². The summed E-state index contributed by atoms with van der Waals surface area (Å²) in [5.74, 6) is -1.01. The molecule has 4 nitrogen and oxygen atoms in total. The topological polar surface area (TPSA) is 49.4 Å². The lowest BCUT2D eigenvalue weighted by Crippen LogP contribution is -2.38. The van der Waals surface area contributed by atoms with Gasteiger partial charge in [0.1, 0.15) is 12.4 Å². The number of fused-ring (bicyclic) bond motifs is 1. The second-order valence-corrected chi connectivity index (χ2v) is 8.03. The van der Waals surface area contributed by atoms with Gasteiger partial charge < -0.3 is 10.2 Å². The molecule has 2 heterocycles. The predicted molar refractivity (Wildman–Crippen MR) is 106 cm³/mol. The molecule has 0 saturated carbocycles. The van der Waals surface area contributed by atoms with Gasteiger partial charge in [0, 0.05) is 26.2 Å². The van der Waals surface area contributed by atoms with Crippen molar-refractivity contribution >= 4 is 44.8 Å². The number of amides is 2. The number of hydrogen-bond acceptors (Lipinski definition) is 3. The lowest BCUT2D eigenvalue weighted by Gasteiger charge is -2.29. The highest BCUT2D eigenvalue weighted by Gasteiger charge is 2.34. The van der Waals surface area contributed by atoms with Crippen LogP contribution in [0.25, 0.3) is 0 Å². The van der Waals surface area contributed by atoms with Crippen molar-refractivity contribution in [1.29, 1.82) is 0 Å². The van der Waals surface area contributed by atoms with Crippen LogP contribution >= 0.6 is 27.3 Å². The molecule has 1 aliphatic heterocycles. The molecule has 2 amide bonds. The van der Waals surface area contributed by atoms with Crippen molar-refractivity contribution in [3.05, 3.63) is 86.3 Å². The van der Waals surface area contributed by atoms with Crippen molar-refractivity contribution in [2.75, 3.05) is 11.9 Å². The van der Waals surface area contributed by atoms with Crippen LogP contribution in [0.5, 0.6) is 0 Å². The van der Waals surface area contributed by atoms with Crippen LogP contribution in [0, 0.1) is 5.82 Å². The number of rotatable bonds is 2. The van der Waals surface area contributed by atoms with E-state index in [2.05, 4.69) is 21.2 Å². The van der Waals surface area contributed by atoms with Crippen LogP contribution < -0.4 is 5.32 Å². The van der Waals surface area contributed by atoms with Gasteiger partial charge in [-0.15, -0.1) is 11.3 Å². The van der Waals surface area contributed by atoms with Gasteiger partial charge in [-0.05, 0) is 53.9 Å². The van der Waals surface area contributed by atoms with Gasteiger partial charge in [0.05, 0.1) is 6.04 Å². The lowest BCUT2D eigenvalue weighted by atomic mass is 10.0. The Morgan fingerprint density at radius 2 is 1.96 bits per heavy atom. The Hall–Kier alpha value is -2.51. The minimum atomic E-state index is -0.550. The summed E-state index contributed by atoms with van der Waals surface area (Å²) in [6.07, 6.45) is 0. The molecule has 136 valence electrons. The fourth-order valence-corrected chi connectivity index (χ4v) is 4.30. The average Bonchev–Trinajstić information content (AvgIpc) is 3.13. The van der Waals surface area contributed by atoms with Crippen molar-refractivity contribution in [3.63, 3.8) is 0 Å². The largest absolute Gasteiger partial charge is 0.324 e. The van der Waals surface area contributed by atoms with E-state index in [0.29, 0.717) is 16.8 Å². The van der Waals surface area contributed by atoms with Gasteiger partial charge in [-0.1, -0.05) is 22.0 Å². The third-order valence-corrected chi connectivity index (χ3v) is 5.83. The van der Waals surface area contributed by atoms with Crippen LogP contribution in [0.4, 0.5) is 10.1 Å². The van der Waals surface area contributed by atoms with Crippen LogP contribution in [-0.4, -0.2) is 23.3 Å². The predicted octanol–water partition coefficient (Wildman–Crippen LogP) is 4.83. The highest BCUT2D eigenvalue weighted by Crippen LogP contribution is 2.38. The summed E-state index contributed by atoms with van der Waals surface area (Å²) >= 11 is 4.82. The molecule has 0 spiro atoms. The van der Waals surface area contributed by atoms with E-state index in [0.717, 1.165) is 9.35 Å². The fourth-order valence-electron chi connectivity index (χ4n) is 3.18. The number of hydrogen-bond donors (Lipinski definition) is 1. The number of carbonyl (C=O) groups excluding carboxylic acids is 2. The Morgan fingerprint density at radius 3 is 2.67 bits per heavy atom. The summed E-state index contributed by atoms with van der Waals surface area (Å²) in [7, 11) is 0. The molecule has 7 heteroatoms. The first-order chi connectivity index (χ1) is 13.0. The van der Waals surface area contributed by atoms with Gasteiger partial charge in [0.15, 0.2) is 0 Å². The van der Waals surface area contributed by atoms with Crippen LogP contribution in [0.3, 0.4) is 0 Å². The summed E-state index contributed by atoms with van der Waals surface area (Å²) in [6, 6.07) is 14.4. The molecular weight excluding hydrogens is 431 g/mol. The zero-order valence-corrected chi connectivity index (χ0v) is 16.4. The molecule has 2 aromatic carbocycles. The van der Waals surface area contributed by atoms with Crippen LogP contribution in [-0.2, 0) is 4.79 Å². The van der Waals surface area contributed by atoms with Gasteiger partial charge in [-0.3, -0.25) is 9.59 Å². The van der Waals surface area contributed by atoms with Crippen molar-refractivity contribution in [1.82, 2.24) is 4.90 Å². The molecule has 3 aromatic rings. The minimum absolute atomic E-state index is 0.117. The average molecular weight is 445 g/mol. The van der Waals surface area contributed by atoms with Crippen molar-refractivity contribution in [3.8, 4) is 0 Å². The van der Waals surface area contributed by atoms with Gasteiger partial charge in [0.25, 0.3) is 5.91 Å². The Kier molecular flexibility index (Phi) is 4.80. The number of carbonyl (C=O) groups is 2. The maximum atomic E-state index is 14.0. The molecule has 0 saturated heterocycles. The summed E-state index contributed by atoms with van der Waals surface area (Å²) in [5, 5.41) is 4.68. The highest BCUT2D eigenvalue weighted by molar-refractivity contribution is 9.10. The Morgan fingerprint density at radius 1 is 1.19 bits per heavy atom. The molecule has 0 bridgehead atoms. The first kappa shape index (κ1) is 17.9. The highest BCUT2D eigenvalue weighted by atomic mass is 79.9. The van der Waals surface area contributed by atoms with Gasteiger partial charge in [0.2, 0.25) is 5.91 Å². The Balaban J connectivity index is 1.86. The second-order valence-electron chi connectivity index (χ2n) is 6.14. The number of anilines is 1. The summed E-state index contributed by atoms with van der Waals surface area (Å²) in [5.41, 5.74) is 1.55. The van der Waals surface area contributed by atoms with Crippen molar-refractivity contribution in [2.45, 2.75) is 6.04 Å². The number of halogens is 2. The SMILES string of the molecule is O=C1CN(C(=O)c2ccc(Br)cc2)C(c2cccs2)c2cc(F)ccc2N1. The van der Waals surface area contributed by atoms with Gasteiger partial charge in [-0.2, -0.15) is 0 Å². The Labute approximate surface area is 167 Å². The minimum Gasteiger partial charge on any atom is -0.324 e. The van der Waals surface area contributed by atoms with Crippen molar-refractivity contribution in [2.24, 2.45) is 0 Å². The lowest BCUT2D eigenvalue weighted by molar-refractivity contribution is -0.117. The molecule has 4 rings (SSSR count). The number of nitrogens with zero attached hydrogens (tertiary/aromatic N) is 1. The first-order valence-corrected chi connectivity index (χ1v) is 9.89. The van der Waals surface area contributed by atoms with Crippen LogP contribution in [0.1, 0.15) is 26.8 Å². The maximum Gasteiger partial charge on any atom is 0.255 e. The fraction of sp³-hybridized carbons (Fsp3) is 0.100. The van der Waals surface area contributed by atoms with Crippen molar-refractivity contribution < 1.29 is 14.0 Å². The quantitative estimate of drug-likeness (QED) is 0.614. The normalized spacial score (nSPS) is 16.4. The zero-order chi connectivity index (χ0) is 19.0. The Bertz CT molecular complexity index is 1010. The molecule has 1 N–H and O–H groups in total. The molecule has 0 aliphatic carbocycles. The third-order valence-electron chi connectivity index (χ3n) is 4.37. The van der Waals surface area contributed by atoms with E-state index in [4.69, 9.17) is 0 Å². The number of thiophene rings is 1. The monoisotopic (exact) mass is 444 g/mol. The summed E-state index contributed by atoms with van der Waals surface area (Å²) in [6.45, 7) is -0.117. The first-order valence-electron chi connectivity index (χ1n) is 8.22. The van der Waals surface area contributed by atoms with E-state index in [1.54, 1.807) is 24.3 Å². The van der Waals surface area contributed by atoms with Crippen LogP contribution in [0.2, 0.25) is 0 Å². The molecule has 0 radical (unpaired) electrons. The van der Waals surface area contributed by atoms with E-state index >= 15 is 0 Å². The zero-order valence-electron chi connectivity index (χ0n) is 14.0. The molecule has 1 unspecified atom stereocenters. The van der Waals surface area contributed by atoms with Gasteiger partial charge >= 0.3 is 0 Å². The molecule has 1 atom stereocenters. The maximum absolute atomic E-state index is 14.0. The summed E-state index contributed by atoms with van der Waals surface area (Å²) in [4.78, 5) is 28.1. The van der Waals surface area contributed by atoms with Gasteiger partial charge in [-0.25, -0.2) is 4.39 Å². The smallest absolute Gasteiger partial charge is 0.255 e. The molecular formula is C20H14BrFN2O2S. The number of benzene rings is 2. The number of nitrogens with one attached hydrogen (secondary N) is 1. The molecule has 27 heavy (non-hydrogen) atoms. The third kappa shape index (κ3) is 3.52. The standard InChI is InChI=1S/C20H14BrFN2O2S/c21-13-5-3-12(4-6-13)20(26)24-11-18(25)23-16-8-7-14(22)10-15(16)19(24)17-2-1-9-27-17/h1-10,19H,11H2,(H,23,25). The van der Waals surface area contributed by atoms with E-state index in [1.165, 1.54) is 34.4 Å². The summed E-state index contributed by atoms with van der Waals surface area (Å²) < 4.78 is 14.9. The van der Waals surface area contributed by atoms with E-state index in [1.807, 2.05) is 17.5 Å². The van der Waals surface area contributed by atoms with Crippen LogP contribution in [0.15, 0.2) is 64.5 Å². The van der Waals surface area contributed by atoms with E-state index < -0.39 is 11.9 Å². The molecule has 0 fully saturated rings. The molecule has 1 aliphatic rings. The van der Waals surface area contributed by atoms with E-state index in [-0.39, 0.29) is 18.4 Å². The second kappa shape index (κ2) is 7.25.